The Bertz CT molecular complexity index is 958. The standard InChI is InChI=1S/C19H15ClFNO3S/c1-2-15-17(19(23)24)26-18(22-15)13-9-12(20)7-8-16(13)25-10-11-5-3-4-6-14(11)21/h3-9H,2,10H2,1H3,(H,23,24). The van der Waals surface area contributed by atoms with Gasteiger partial charge in [0, 0.05) is 10.6 Å². The van der Waals surface area contributed by atoms with Gasteiger partial charge in [0.1, 0.15) is 28.1 Å². The molecule has 1 N–H and O–H groups in total. The number of aromatic carboxylic acids is 1. The van der Waals surface area contributed by atoms with Crippen molar-refractivity contribution in [2.45, 2.75) is 20.0 Å². The second kappa shape index (κ2) is 7.85. The number of hydrogen-bond acceptors (Lipinski definition) is 4. The van der Waals surface area contributed by atoms with Crippen LogP contribution in [-0.2, 0) is 13.0 Å². The second-order valence-corrected chi connectivity index (χ2v) is 6.91. The van der Waals surface area contributed by atoms with E-state index >= 15 is 0 Å². The van der Waals surface area contributed by atoms with Crippen LogP contribution in [0.3, 0.4) is 0 Å². The van der Waals surface area contributed by atoms with Crippen molar-refractivity contribution < 1.29 is 19.0 Å². The molecule has 0 fully saturated rings. The maximum absolute atomic E-state index is 13.8. The highest BCUT2D eigenvalue weighted by molar-refractivity contribution is 7.17. The van der Waals surface area contributed by atoms with Crippen molar-refractivity contribution in [3.8, 4) is 16.3 Å². The molecule has 0 unspecified atom stereocenters. The summed E-state index contributed by atoms with van der Waals surface area (Å²) in [6, 6.07) is 11.4. The first-order chi connectivity index (χ1) is 12.5. The van der Waals surface area contributed by atoms with Gasteiger partial charge in [-0.1, -0.05) is 36.7 Å². The van der Waals surface area contributed by atoms with Gasteiger partial charge in [-0.15, -0.1) is 11.3 Å². The summed E-state index contributed by atoms with van der Waals surface area (Å²) < 4.78 is 19.6. The van der Waals surface area contributed by atoms with Crippen LogP contribution in [0.1, 0.15) is 27.9 Å². The number of halogens is 2. The summed E-state index contributed by atoms with van der Waals surface area (Å²) in [5, 5.41) is 10.3. The smallest absolute Gasteiger partial charge is 0.347 e. The number of thiazole rings is 1. The summed E-state index contributed by atoms with van der Waals surface area (Å²) >= 11 is 7.17. The van der Waals surface area contributed by atoms with Crippen LogP contribution in [0.2, 0.25) is 5.02 Å². The molecule has 1 aromatic heterocycles. The zero-order chi connectivity index (χ0) is 18.7. The van der Waals surface area contributed by atoms with E-state index in [9.17, 15) is 14.3 Å². The Labute approximate surface area is 158 Å². The van der Waals surface area contributed by atoms with Crippen LogP contribution < -0.4 is 4.74 Å². The second-order valence-electron chi connectivity index (χ2n) is 5.47. The zero-order valence-electron chi connectivity index (χ0n) is 13.8. The summed E-state index contributed by atoms with van der Waals surface area (Å²) in [5.74, 6) is -0.897. The van der Waals surface area contributed by atoms with Crippen molar-refractivity contribution in [3.05, 3.63) is 69.4 Å². The summed E-state index contributed by atoms with van der Waals surface area (Å²) in [6.45, 7) is 1.89. The Kier molecular flexibility index (Phi) is 5.54. The minimum atomic E-state index is -1.01. The number of rotatable bonds is 6. The number of benzene rings is 2. The van der Waals surface area contributed by atoms with Gasteiger partial charge in [0.2, 0.25) is 0 Å². The summed E-state index contributed by atoms with van der Waals surface area (Å²) in [5.41, 5.74) is 1.52. The third-order valence-corrected chi connectivity index (χ3v) is 5.09. The first-order valence-corrected chi connectivity index (χ1v) is 9.08. The number of aromatic nitrogens is 1. The van der Waals surface area contributed by atoms with Crippen molar-refractivity contribution in [2.24, 2.45) is 0 Å². The highest BCUT2D eigenvalue weighted by Gasteiger charge is 2.19. The van der Waals surface area contributed by atoms with E-state index in [0.29, 0.717) is 39.0 Å². The number of aryl methyl sites for hydroxylation is 1. The Hall–Kier alpha value is -2.44. The van der Waals surface area contributed by atoms with Crippen molar-refractivity contribution in [2.75, 3.05) is 0 Å². The number of carboxylic acids is 1. The lowest BCUT2D eigenvalue weighted by molar-refractivity contribution is 0.0701. The molecule has 0 aliphatic heterocycles. The molecule has 0 amide bonds. The van der Waals surface area contributed by atoms with Gasteiger partial charge in [0.05, 0.1) is 11.3 Å². The Morgan fingerprint density at radius 2 is 2.08 bits per heavy atom. The van der Waals surface area contributed by atoms with E-state index in [1.807, 2.05) is 6.92 Å². The third-order valence-electron chi connectivity index (χ3n) is 3.74. The monoisotopic (exact) mass is 391 g/mol. The lowest BCUT2D eigenvalue weighted by atomic mass is 10.2. The zero-order valence-corrected chi connectivity index (χ0v) is 15.4. The van der Waals surface area contributed by atoms with E-state index in [2.05, 4.69) is 4.98 Å². The normalized spacial score (nSPS) is 10.7. The van der Waals surface area contributed by atoms with Crippen molar-refractivity contribution in [1.29, 1.82) is 0 Å². The fourth-order valence-electron chi connectivity index (χ4n) is 2.44. The van der Waals surface area contributed by atoms with Gasteiger partial charge in [-0.3, -0.25) is 0 Å². The molecule has 7 heteroatoms. The summed E-state index contributed by atoms with van der Waals surface area (Å²) in [6.07, 6.45) is 0.504. The quantitative estimate of drug-likeness (QED) is 0.607. The fourth-order valence-corrected chi connectivity index (χ4v) is 3.63. The van der Waals surface area contributed by atoms with Gasteiger partial charge >= 0.3 is 5.97 Å². The van der Waals surface area contributed by atoms with Crippen LogP contribution in [0.4, 0.5) is 4.39 Å². The number of carbonyl (C=O) groups is 1. The number of hydrogen-bond donors (Lipinski definition) is 1. The van der Waals surface area contributed by atoms with Crippen LogP contribution >= 0.6 is 22.9 Å². The molecular formula is C19H15ClFNO3S. The minimum Gasteiger partial charge on any atom is -0.488 e. The molecule has 1 heterocycles. The molecule has 2 aromatic carbocycles. The first-order valence-electron chi connectivity index (χ1n) is 7.88. The topological polar surface area (TPSA) is 59.4 Å². The molecule has 26 heavy (non-hydrogen) atoms. The molecule has 0 aliphatic carbocycles. The predicted octanol–water partition coefficient (Wildman–Crippen LogP) is 5.44. The summed E-state index contributed by atoms with van der Waals surface area (Å²) in [7, 11) is 0. The van der Waals surface area contributed by atoms with Crippen molar-refractivity contribution in [1.82, 2.24) is 4.98 Å². The van der Waals surface area contributed by atoms with Gasteiger partial charge in [-0.05, 0) is 30.7 Å². The largest absolute Gasteiger partial charge is 0.488 e. The highest BCUT2D eigenvalue weighted by Crippen LogP contribution is 2.37. The van der Waals surface area contributed by atoms with E-state index in [1.165, 1.54) is 6.07 Å². The molecule has 0 aliphatic rings. The molecule has 3 rings (SSSR count). The number of ether oxygens (including phenoxy) is 1. The van der Waals surface area contributed by atoms with E-state index in [4.69, 9.17) is 16.3 Å². The van der Waals surface area contributed by atoms with Crippen LogP contribution in [0.5, 0.6) is 5.75 Å². The lowest BCUT2D eigenvalue weighted by Crippen LogP contribution is -1.99. The van der Waals surface area contributed by atoms with Crippen LogP contribution in [0.15, 0.2) is 42.5 Å². The fraction of sp³-hybridized carbons (Fsp3) is 0.158. The molecule has 134 valence electrons. The average molecular weight is 392 g/mol. The van der Waals surface area contributed by atoms with E-state index in [-0.39, 0.29) is 17.3 Å². The molecule has 0 saturated heterocycles. The van der Waals surface area contributed by atoms with Crippen molar-refractivity contribution >= 4 is 28.9 Å². The van der Waals surface area contributed by atoms with E-state index in [0.717, 1.165) is 11.3 Å². The first kappa shape index (κ1) is 18.4. The molecule has 0 bridgehead atoms. The minimum absolute atomic E-state index is 0.0408. The Morgan fingerprint density at radius 1 is 1.31 bits per heavy atom. The van der Waals surface area contributed by atoms with Gasteiger partial charge in [-0.25, -0.2) is 14.2 Å². The van der Waals surface area contributed by atoms with Gasteiger partial charge in [0.25, 0.3) is 0 Å². The SMILES string of the molecule is CCc1nc(-c2cc(Cl)ccc2OCc2ccccc2F)sc1C(=O)O. The van der Waals surface area contributed by atoms with Crippen LogP contribution in [-0.4, -0.2) is 16.1 Å². The molecule has 3 aromatic rings. The molecule has 0 spiro atoms. The van der Waals surface area contributed by atoms with E-state index in [1.54, 1.807) is 36.4 Å². The van der Waals surface area contributed by atoms with Gasteiger partial charge < -0.3 is 9.84 Å². The Morgan fingerprint density at radius 3 is 2.73 bits per heavy atom. The number of nitrogens with zero attached hydrogens (tertiary/aromatic N) is 1. The molecule has 0 radical (unpaired) electrons. The highest BCUT2D eigenvalue weighted by atomic mass is 35.5. The Balaban J connectivity index is 1.96. The lowest BCUT2D eigenvalue weighted by Gasteiger charge is -2.11. The van der Waals surface area contributed by atoms with Gasteiger partial charge in [0.15, 0.2) is 0 Å². The maximum atomic E-state index is 13.8. The van der Waals surface area contributed by atoms with Crippen LogP contribution in [0, 0.1) is 5.82 Å². The third kappa shape index (κ3) is 3.86. The predicted molar refractivity (Wildman–Crippen MR) is 99.6 cm³/mol. The molecule has 4 nitrogen and oxygen atoms in total. The van der Waals surface area contributed by atoms with Gasteiger partial charge in [-0.2, -0.15) is 0 Å². The maximum Gasteiger partial charge on any atom is 0.347 e. The molecule has 0 atom stereocenters. The summed E-state index contributed by atoms with van der Waals surface area (Å²) in [4.78, 5) is 16.0. The van der Waals surface area contributed by atoms with E-state index < -0.39 is 5.97 Å². The van der Waals surface area contributed by atoms with Crippen LogP contribution in [0.25, 0.3) is 10.6 Å². The molecular weight excluding hydrogens is 377 g/mol. The number of carboxylic acid groups (broad SMARTS) is 1. The molecule has 0 saturated carbocycles. The average Bonchev–Trinajstić information content (AvgIpc) is 3.06. The van der Waals surface area contributed by atoms with Crippen molar-refractivity contribution in [3.63, 3.8) is 0 Å².